The van der Waals surface area contributed by atoms with E-state index in [0.717, 1.165) is 24.3 Å². The number of hydroxylamine groups is 1. The highest BCUT2D eigenvalue weighted by Crippen LogP contribution is 2.35. The third-order valence-corrected chi connectivity index (χ3v) is 10.3. The fourth-order valence-corrected chi connectivity index (χ4v) is 7.36. The number of carbonyl (C=O) groups is 2. The predicted octanol–water partition coefficient (Wildman–Crippen LogP) is 1.11. The van der Waals surface area contributed by atoms with Crippen molar-refractivity contribution in [3.63, 3.8) is 0 Å². The highest BCUT2D eigenvalue weighted by atomic mass is 32.2. The van der Waals surface area contributed by atoms with Gasteiger partial charge in [-0.05, 0) is 43.5 Å². The van der Waals surface area contributed by atoms with Crippen LogP contribution in [0, 0.1) is 0 Å². The van der Waals surface area contributed by atoms with Crippen LogP contribution in [0.15, 0.2) is 24.3 Å². The molecule has 212 valence electrons. The monoisotopic (exact) mass is 553 g/mol. The van der Waals surface area contributed by atoms with Gasteiger partial charge in [-0.2, -0.15) is 4.31 Å². The number of ether oxygens (including phenoxy) is 2. The standard InChI is InChI=1S/C25H39N5O7S/c1-2-3-18-37-22-6-4-21(5-7-22)27-12-14-30(15-13-27)38(34,35)25(23(31)26-33)8-10-28(11-9-25)24(32)29-16-19-36-20-17-29/h4-7,33H,2-3,8-20H2,1H3,(H,26,31). The molecule has 3 fully saturated rings. The van der Waals surface area contributed by atoms with Gasteiger partial charge in [-0.3, -0.25) is 10.0 Å². The van der Waals surface area contributed by atoms with Gasteiger partial charge in [0.2, 0.25) is 10.0 Å². The number of likely N-dealkylation sites (tertiary alicyclic amines) is 1. The molecule has 0 aliphatic carbocycles. The van der Waals surface area contributed by atoms with Crippen molar-refractivity contribution in [2.45, 2.75) is 37.4 Å². The first-order valence-electron chi connectivity index (χ1n) is 13.4. The largest absolute Gasteiger partial charge is 0.494 e. The van der Waals surface area contributed by atoms with Crippen LogP contribution in [0.5, 0.6) is 5.75 Å². The van der Waals surface area contributed by atoms with Crippen LogP contribution in [-0.2, 0) is 19.6 Å². The van der Waals surface area contributed by atoms with Crippen LogP contribution in [0.25, 0.3) is 0 Å². The van der Waals surface area contributed by atoms with E-state index in [2.05, 4.69) is 11.8 Å². The van der Waals surface area contributed by atoms with E-state index in [-0.39, 0.29) is 45.1 Å². The number of benzene rings is 1. The first-order valence-corrected chi connectivity index (χ1v) is 14.8. The van der Waals surface area contributed by atoms with Gasteiger partial charge < -0.3 is 24.2 Å². The minimum Gasteiger partial charge on any atom is -0.494 e. The molecule has 1 aromatic rings. The van der Waals surface area contributed by atoms with Gasteiger partial charge in [-0.1, -0.05) is 13.3 Å². The lowest BCUT2D eigenvalue weighted by atomic mass is 9.95. The number of rotatable bonds is 8. The third-order valence-electron chi connectivity index (χ3n) is 7.68. The number of urea groups is 1. The zero-order chi connectivity index (χ0) is 27.2. The highest BCUT2D eigenvalue weighted by Gasteiger charge is 2.55. The summed E-state index contributed by atoms with van der Waals surface area (Å²) in [6.07, 6.45) is 1.89. The smallest absolute Gasteiger partial charge is 0.320 e. The molecule has 0 unspecified atom stereocenters. The lowest BCUT2D eigenvalue weighted by molar-refractivity contribution is -0.133. The fraction of sp³-hybridized carbons (Fsp3) is 0.680. The van der Waals surface area contributed by atoms with Crippen LogP contribution in [0.1, 0.15) is 32.6 Å². The first kappa shape index (κ1) is 28.4. The molecule has 0 aromatic heterocycles. The molecule has 0 spiro atoms. The Morgan fingerprint density at radius 2 is 1.58 bits per heavy atom. The summed E-state index contributed by atoms with van der Waals surface area (Å²) in [5.41, 5.74) is 2.56. The van der Waals surface area contributed by atoms with Gasteiger partial charge in [0, 0.05) is 58.0 Å². The van der Waals surface area contributed by atoms with Crippen molar-refractivity contribution in [2.75, 3.05) is 77.1 Å². The number of unbranched alkanes of at least 4 members (excludes halogenated alkanes) is 1. The van der Waals surface area contributed by atoms with E-state index in [4.69, 9.17) is 9.47 Å². The van der Waals surface area contributed by atoms with Crippen molar-refractivity contribution < 1.29 is 32.7 Å². The SMILES string of the molecule is CCCCOc1ccc(N2CCN(S(=O)(=O)C3(C(=O)NO)CCN(C(=O)N4CCOCC4)CC3)CC2)cc1. The molecule has 38 heavy (non-hydrogen) atoms. The molecule has 0 bridgehead atoms. The van der Waals surface area contributed by atoms with E-state index in [1.165, 1.54) is 4.31 Å². The quantitative estimate of drug-likeness (QED) is 0.278. The first-order chi connectivity index (χ1) is 18.3. The maximum atomic E-state index is 13.8. The van der Waals surface area contributed by atoms with Crippen molar-refractivity contribution in [3.05, 3.63) is 24.3 Å². The van der Waals surface area contributed by atoms with Crippen molar-refractivity contribution in [1.82, 2.24) is 19.6 Å². The molecular formula is C25H39N5O7S. The summed E-state index contributed by atoms with van der Waals surface area (Å²) in [5.74, 6) is -0.143. The minimum absolute atomic E-state index is 0.0858. The van der Waals surface area contributed by atoms with Gasteiger partial charge >= 0.3 is 6.03 Å². The van der Waals surface area contributed by atoms with E-state index in [1.807, 2.05) is 24.3 Å². The van der Waals surface area contributed by atoms with Crippen molar-refractivity contribution >= 4 is 27.6 Å². The number of piperazine rings is 1. The predicted molar refractivity (Wildman–Crippen MR) is 141 cm³/mol. The molecule has 1 aromatic carbocycles. The molecule has 4 rings (SSSR count). The van der Waals surface area contributed by atoms with E-state index >= 15 is 0 Å². The Labute approximate surface area is 224 Å². The molecule has 13 heteroatoms. The Kier molecular flexibility index (Phi) is 9.34. The lowest BCUT2D eigenvalue weighted by Crippen LogP contribution is -2.64. The minimum atomic E-state index is -4.11. The van der Waals surface area contributed by atoms with Crippen LogP contribution in [0.2, 0.25) is 0 Å². The zero-order valence-electron chi connectivity index (χ0n) is 22.0. The van der Waals surface area contributed by atoms with E-state index in [9.17, 15) is 23.2 Å². The average Bonchev–Trinajstić information content (AvgIpc) is 2.97. The molecule has 3 saturated heterocycles. The molecule has 2 N–H and O–H groups in total. The molecule has 3 aliphatic rings. The Hall–Kier alpha value is -2.61. The van der Waals surface area contributed by atoms with Gasteiger partial charge in [-0.15, -0.1) is 0 Å². The summed E-state index contributed by atoms with van der Waals surface area (Å²) in [7, 11) is -4.11. The Morgan fingerprint density at radius 1 is 0.974 bits per heavy atom. The van der Waals surface area contributed by atoms with Gasteiger partial charge in [0.1, 0.15) is 5.75 Å². The number of nitrogens with one attached hydrogen (secondary N) is 1. The molecule has 3 amide bonds. The molecule has 12 nitrogen and oxygen atoms in total. The number of anilines is 1. The van der Waals surface area contributed by atoms with Gasteiger partial charge in [0.15, 0.2) is 4.75 Å². The highest BCUT2D eigenvalue weighted by molar-refractivity contribution is 7.91. The number of amides is 3. The summed E-state index contributed by atoms with van der Waals surface area (Å²) in [5, 5.41) is 9.47. The number of morpholine rings is 1. The van der Waals surface area contributed by atoms with Crippen LogP contribution in [0.4, 0.5) is 10.5 Å². The topological polar surface area (TPSA) is 132 Å². The lowest BCUT2D eigenvalue weighted by Gasteiger charge is -2.44. The van der Waals surface area contributed by atoms with Crippen LogP contribution < -0.4 is 15.1 Å². The van der Waals surface area contributed by atoms with Crippen molar-refractivity contribution in [1.29, 1.82) is 0 Å². The Morgan fingerprint density at radius 3 is 2.16 bits per heavy atom. The van der Waals surface area contributed by atoms with Gasteiger partial charge in [0.25, 0.3) is 5.91 Å². The summed E-state index contributed by atoms with van der Waals surface area (Å²) in [6, 6.07) is 7.58. The zero-order valence-corrected chi connectivity index (χ0v) is 22.8. The molecule has 0 atom stereocenters. The summed E-state index contributed by atoms with van der Waals surface area (Å²) in [4.78, 5) is 31.1. The molecule has 3 heterocycles. The number of hydrogen-bond donors (Lipinski definition) is 2. The third kappa shape index (κ3) is 5.85. The van der Waals surface area contributed by atoms with E-state index in [1.54, 1.807) is 15.3 Å². The van der Waals surface area contributed by atoms with Crippen LogP contribution in [-0.4, -0.2) is 117 Å². The normalized spacial score (nSPS) is 20.7. The second-order valence-electron chi connectivity index (χ2n) is 9.89. The van der Waals surface area contributed by atoms with E-state index < -0.39 is 20.7 Å². The number of nitrogens with zero attached hydrogens (tertiary/aromatic N) is 4. The second-order valence-corrected chi connectivity index (χ2v) is 12.1. The van der Waals surface area contributed by atoms with Gasteiger partial charge in [-0.25, -0.2) is 18.7 Å². The number of carbonyl (C=O) groups excluding carboxylic acids is 2. The van der Waals surface area contributed by atoms with Crippen molar-refractivity contribution in [2.24, 2.45) is 0 Å². The number of sulfonamides is 1. The van der Waals surface area contributed by atoms with E-state index in [0.29, 0.717) is 46.0 Å². The van der Waals surface area contributed by atoms with Crippen molar-refractivity contribution in [3.8, 4) is 5.75 Å². The Balaban J connectivity index is 1.39. The fourth-order valence-electron chi connectivity index (χ4n) is 5.24. The number of piperidine rings is 1. The Bertz CT molecular complexity index is 1050. The number of hydrogen-bond acceptors (Lipinski definition) is 8. The molecule has 0 saturated carbocycles. The van der Waals surface area contributed by atoms with Crippen LogP contribution in [0.3, 0.4) is 0 Å². The van der Waals surface area contributed by atoms with Gasteiger partial charge in [0.05, 0.1) is 19.8 Å². The summed E-state index contributed by atoms with van der Waals surface area (Å²) >= 11 is 0. The molecule has 0 radical (unpaired) electrons. The summed E-state index contributed by atoms with van der Waals surface area (Å²) < 4.78 is 38.2. The maximum absolute atomic E-state index is 13.8. The van der Waals surface area contributed by atoms with Crippen LogP contribution >= 0.6 is 0 Å². The maximum Gasteiger partial charge on any atom is 0.320 e. The average molecular weight is 554 g/mol. The molecular weight excluding hydrogens is 514 g/mol. The molecule has 3 aliphatic heterocycles. The summed E-state index contributed by atoms with van der Waals surface area (Å²) in [6.45, 7) is 6.26. The second kappa shape index (κ2) is 12.5.